The zero-order valence-corrected chi connectivity index (χ0v) is 10.0. The molecular weight excluding hydrogens is 172 g/mol. The number of rotatable bonds is 2. The first kappa shape index (κ1) is 11.5. The topological polar surface area (TPSA) is 38.4 Å². The van der Waals surface area contributed by atoms with Crippen molar-refractivity contribution in [1.82, 2.24) is 0 Å². The summed E-state index contributed by atoms with van der Waals surface area (Å²) in [4.78, 5) is 4.62. The predicted molar refractivity (Wildman–Crippen MR) is 62.5 cm³/mol. The fraction of sp³-hybridized carbons (Fsp3) is 0.917. The minimum Gasteiger partial charge on any atom is -0.387 e. The smallest absolute Gasteiger partial charge is 0.0971 e. The van der Waals surface area contributed by atoms with Gasteiger partial charge in [0.2, 0.25) is 0 Å². The summed E-state index contributed by atoms with van der Waals surface area (Å²) in [6.07, 6.45) is 5.13. The van der Waals surface area contributed by atoms with E-state index in [0.717, 1.165) is 5.84 Å². The first-order valence-corrected chi connectivity index (χ1v) is 5.74. The number of hydrogen-bond acceptors (Lipinski definition) is 1. The molecule has 1 atom stereocenters. The van der Waals surface area contributed by atoms with E-state index in [1.165, 1.54) is 25.7 Å². The van der Waals surface area contributed by atoms with E-state index in [4.69, 9.17) is 5.73 Å². The van der Waals surface area contributed by atoms with Crippen molar-refractivity contribution in [3.63, 3.8) is 0 Å². The molecule has 0 aromatic carbocycles. The third kappa shape index (κ3) is 3.00. The zero-order chi connectivity index (χ0) is 10.8. The van der Waals surface area contributed by atoms with Crippen LogP contribution in [0.2, 0.25) is 0 Å². The Morgan fingerprint density at radius 2 is 1.79 bits per heavy atom. The summed E-state index contributed by atoms with van der Waals surface area (Å²) in [6, 6.07) is 0.322. The van der Waals surface area contributed by atoms with Gasteiger partial charge in [-0.25, -0.2) is 0 Å². The first-order chi connectivity index (χ1) is 6.41. The highest BCUT2D eigenvalue weighted by Gasteiger charge is 2.23. The number of nitrogens with two attached hydrogens (primary N) is 1. The molecule has 1 aliphatic carbocycles. The molecule has 0 radical (unpaired) electrons. The number of aliphatic imine (C=N–C) groups is 1. The van der Waals surface area contributed by atoms with E-state index in [9.17, 15) is 0 Å². The van der Waals surface area contributed by atoms with Crippen molar-refractivity contribution in [3.8, 4) is 0 Å². The molecule has 1 aliphatic rings. The van der Waals surface area contributed by atoms with Gasteiger partial charge >= 0.3 is 0 Å². The molecule has 14 heavy (non-hydrogen) atoms. The van der Waals surface area contributed by atoms with Gasteiger partial charge in [-0.15, -0.1) is 0 Å². The molecule has 2 N–H and O–H groups in total. The lowest BCUT2D eigenvalue weighted by atomic mass is 9.88. The summed E-state index contributed by atoms with van der Waals surface area (Å²) in [5.41, 5.74) is 6.25. The van der Waals surface area contributed by atoms with E-state index in [0.29, 0.717) is 12.0 Å². The molecule has 2 nitrogen and oxygen atoms in total. The molecule has 0 spiro atoms. The lowest BCUT2D eigenvalue weighted by Gasteiger charge is -2.25. The van der Waals surface area contributed by atoms with Crippen LogP contribution in [0.3, 0.4) is 0 Å². The van der Waals surface area contributed by atoms with Crippen LogP contribution in [-0.4, -0.2) is 11.9 Å². The summed E-state index contributed by atoms with van der Waals surface area (Å²) in [5, 5.41) is 0. The fourth-order valence-corrected chi connectivity index (χ4v) is 1.74. The number of hydrogen-bond donors (Lipinski definition) is 1. The molecule has 82 valence electrons. The summed E-state index contributed by atoms with van der Waals surface area (Å²) < 4.78 is 0. The quantitative estimate of drug-likeness (QED) is 0.535. The number of nitrogens with zero attached hydrogens (tertiary/aromatic N) is 1. The molecule has 2 heteroatoms. The summed E-state index contributed by atoms with van der Waals surface area (Å²) in [7, 11) is 0. The highest BCUT2D eigenvalue weighted by molar-refractivity contribution is 5.83. The molecule has 1 fully saturated rings. The van der Waals surface area contributed by atoms with Crippen LogP contribution in [0.4, 0.5) is 0 Å². The Balaban J connectivity index is 2.58. The number of amidine groups is 1. The van der Waals surface area contributed by atoms with Crippen molar-refractivity contribution < 1.29 is 0 Å². The molecule has 0 bridgehead atoms. The van der Waals surface area contributed by atoms with E-state index >= 15 is 0 Å². The highest BCUT2D eigenvalue weighted by Crippen LogP contribution is 2.27. The third-order valence-electron chi connectivity index (χ3n) is 3.37. The Hall–Kier alpha value is -0.530. The van der Waals surface area contributed by atoms with Gasteiger partial charge < -0.3 is 5.73 Å². The van der Waals surface area contributed by atoms with Gasteiger partial charge in [0.1, 0.15) is 0 Å². The third-order valence-corrected chi connectivity index (χ3v) is 3.37. The largest absolute Gasteiger partial charge is 0.387 e. The zero-order valence-electron chi connectivity index (χ0n) is 10.0. The van der Waals surface area contributed by atoms with Crippen LogP contribution in [0.1, 0.15) is 53.4 Å². The molecule has 1 saturated carbocycles. The van der Waals surface area contributed by atoms with Gasteiger partial charge in [0.15, 0.2) is 0 Å². The average Bonchev–Trinajstić information content (AvgIpc) is 2.53. The van der Waals surface area contributed by atoms with Crippen LogP contribution in [0, 0.1) is 11.3 Å². The van der Waals surface area contributed by atoms with Crippen molar-refractivity contribution in [2.75, 3.05) is 0 Å². The van der Waals surface area contributed by atoms with Gasteiger partial charge in [-0.2, -0.15) is 0 Å². The van der Waals surface area contributed by atoms with Crippen LogP contribution in [-0.2, 0) is 0 Å². The van der Waals surface area contributed by atoms with E-state index in [1.807, 2.05) is 0 Å². The Labute approximate surface area is 88.0 Å². The molecule has 0 amide bonds. The lowest BCUT2D eigenvalue weighted by molar-refractivity contribution is 0.340. The molecule has 0 saturated heterocycles. The standard InChI is InChI=1S/C12H24N2/c1-9(12(2,3)4)14-11(13)10-7-5-6-8-10/h9-10H,5-8H2,1-4H3,(H2,13,14). The minimum absolute atomic E-state index is 0.225. The summed E-state index contributed by atoms with van der Waals surface area (Å²) in [6.45, 7) is 8.79. The fourth-order valence-electron chi connectivity index (χ4n) is 1.74. The molecule has 1 rings (SSSR count). The van der Waals surface area contributed by atoms with Crippen LogP contribution in [0.15, 0.2) is 4.99 Å². The second kappa shape index (κ2) is 4.33. The van der Waals surface area contributed by atoms with E-state index in [2.05, 4.69) is 32.7 Å². The Morgan fingerprint density at radius 3 is 2.21 bits per heavy atom. The maximum Gasteiger partial charge on any atom is 0.0971 e. The van der Waals surface area contributed by atoms with Gasteiger partial charge in [0.25, 0.3) is 0 Å². The van der Waals surface area contributed by atoms with E-state index in [-0.39, 0.29) is 5.41 Å². The van der Waals surface area contributed by atoms with Gasteiger partial charge in [0, 0.05) is 5.92 Å². The molecule has 0 aliphatic heterocycles. The van der Waals surface area contributed by atoms with Crippen molar-refractivity contribution in [1.29, 1.82) is 0 Å². The van der Waals surface area contributed by atoms with Gasteiger partial charge in [0.05, 0.1) is 11.9 Å². The SMILES string of the molecule is CC(N=C(N)C1CCCC1)C(C)(C)C. The van der Waals surface area contributed by atoms with Crippen molar-refractivity contribution in [2.45, 2.75) is 59.4 Å². The average molecular weight is 196 g/mol. The second-order valence-electron chi connectivity index (χ2n) is 5.58. The van der Waals surface area contributed by atoms with E-state index in [1.54, 1.807) is 0 Å². The minimum atomic E-state index is 0.225. The monoisotopic (exact) mass is 196 g/mol. The normalized spacial score (nSPS) is 22.7. The van der Waals surface area contributed by atoms with Crippen molar-refractivity contribution >= 4 is 5.84 Å². The van der Waals surface area contributed by atoms with Gasteiger partial charge in [-0.3, -0.25) is 4.99 Å². The van der Waals surface area contributed by atoms with Crippen molar-refractivity contribution in [3.05, 3.63) is 0 Å². The van der Waals surface area contributed by atoms with Gasteiger partial charge in [-0.05, 0) is 25.2 Å². The predicted octanol–water partition coefficient (Wildman–Crippen LogP) is 2.97. The Kier molecular flexibility index (Phi) is 3.57. The molecule has 0 heterocycles. The first-order valence-electron chi connectivity index (χ1n) is 5.74. The van der Waals surface area contributed by atoms with Crippen LogP contribution < -0.4 is 5.73 Å². The maximum atomic E-state index is 6.03. The summed E-state index contributed by atoms with van der Waals surface area (Å²) in [5.74, 6) is 1.46. The highest BCUT2D eigenvalue weighted by atomic mass is 14.9. The molecule has 0 aromatic rings. The van der Waals surface area contributed by atoms with Gasteiger partial charge in [-0.1, -0.05) is 33.6 Å². The van der Waals surface area contributed by atoms with Crippen molar-refractivity contribution in [2.24, 2.45) is 22.1 Å². The lowest BCUT2D eigenvalue weighted by Crippen LogP contribution is -2.28. The summed E-state index contributed by atoms with van der Waals surface area (Å²) >= 11 is 0. The maximum absolute atomic E-state index is 6.03. The molecular formula is C12H24N2. The Morgan fingerprint density at radius 1 is 1.29 bits per heavy atom. The van der Waals surface area contributed by atoms with E-state index < -0.39 is 0 Å². The van der Waals surface area contributed by atoms with Crippen LogP contribution >= 0.6 is 0 Å². The van der Waals surface area contributed by atoms with Crippen LogP contribution in [0.25, 0.3) is 0 Å². The second-order valence-corrected chi connectivity index (χ2v) is 5.58. The van der Waals surface area contributed by atoms with Crippen LogP contribution in [0.5, 0.6) is 0 Å². The molecule has 1 unspecified atom stereocenters. The molecule has 0 aromatic heterocycles. The Bertz CT molecular complexity index is 207.